The molecule has 3 amide bonds. The number of piperidine rings is 1. The van der Waals surface area contributed by atoms with Crippen LogP contribution >= 0.6 is 0 Å². The average Bonchev–Trinajstić information content (AvgIpc) is 3.43. The monoisotopic (exact) mass is 623 g/mol. The molecule has 1 aromatic heterocycles. The SMILES string of the molecule is CNC(=O)c1ccc2c(c1)CCc1cc(C(=O)NC)ccc1C2(C[C@@H](NCC(=O)N1[C@H](C#N)C[C@@H]2C[C@@H]21)C(C)(C)C)c1nnn[nH]1. The molecule has 12 heteroatoms. The number of fused-ring (bicyclic) bond motifs is 3. The van der Waals surface area contributed by atoms with Crippen LogP contribution in [-0.4, -0.2) is 82.0 Å². The van der Waals surface area contributed by atoms with Gasteiger partial charge in [-0.2, -0.15) is 5.26 Å². The summed E-state index contributed by atoms with van der Waals surface area (Å²) < 4.78 is 0. The number of H-pyrrole nitrogens is 1. The van der Waals surface area contributed by atoms with Crippen molar-refractivity contribution in [1.29, 1.82) is 5.26 Å². The van der Waals surface area contributed by atoms with Gasteiger partial charge in [-0.3, -0.25) is 14.4 Å². The number of nitrogens with one attached hydrogen (secondary N) is 4. The van der Waals surface area contributed by atoms with Gasteiger partial charge in [-0.25, -0.2) is 5.10 Å². The summed E-state index contributed by atoms with van der Waals surface area (Å²) in [5.41, 5.74) is 3.73. The summed E-state index contributed by atoms with van der Waals surface area (Å²) in [4.78, 5) is 40.8. The predicted octanol–water partition coefficient (Wildman–Crippen LogP) is 2.26. The molecule has 2 aliphatic carbocycles. The van der Waals surface area contributed by atoms with Gasteiger partial charge in [0.2, 0.25) is 5.91 Å². The van der Waals surface area contributed by atoms with E-state index in [-0.39, 0.29) is 47.8 Å². The number of likely N-dealkylation sites (tertiary alicyclic amines) is 1. The van der Waals surface area contributed by atoms with Crippen LogP contribution in [-0.2, 0) is 23.1 Å². The molecule has 46 heavy (non-hydrogen) atoms. The third kappa shape index (κ3) is 5.42. The van der Waals surface area contributed by atoms with Crippen molar-refractivity contribution in [2.45, 2.75) is 76.4 Å². The Morgan fingerprint density at radius 1 is 1.02 bits per heavy atom. The van der Waals surface area contributed by atoms with Crippen molar-refractivity contribution in [3.8, 4) is 6.07 Å². The van der Waals surface area contributed by atoms with Gasteiger partial charge in [-0.1, -0.05) is 32.9 Å². The third-order valence-corrected chi connectivity index (χ3v) is 10.1. The minimum Gasteiger partial charge on any atom is -0.355 e. The quantitative estimate of drug-likeness (QED) is 0.296. The van der Waals surface area contributed by atoms with Gasteiger partial charge in [0.15, 0.2) is 5.82 Å². The van der Waals surface area contributed by atoms with Gasteiger partial charge in [0.1, 0.15) is 6.04 Å². The number of nitriles is 1. The highest BCUT2D eigenvalue weighted by Gasteiger charge is 2.54. The zero-order valence-electron chi connectivity index (χ0n) is 27.0. The number of tetrazole rings is 1. The van der Waals surface area contributed by atoms with Gasteiger partial charge >= 0.3 is 0 Å². The van der Waals surface area contributed by atoms with E-state index in [0.717, 1.165) is 35.1 Å². The summed E-state index contributed by atoms with van der Waals surface area (Å²) >= 11 is 0. The number of aryl methyl sites for hydroxylation is 2. The first kappa shape index (κ1) is 31.4. The zero-order chi connectivity index (χ0) is 32.8. The number of benzene rings is 2. The third-order valence-electron chi connectivity index (χ3n) is 10.1. The molecule has 12 nitrogen and oxygen atoms in total. The maximum atomic E-state index is 13.6. The fraction of sp³-hybridized carbons (Fsp3) is 0.500. The molecule has 1 aliphatic heterocycles. The second-order valence-electron chi connectivity index (χ2n) is 13.8. The van der Waals surface area contributed by atoms with Gasteiger partial charge in [0.25, 0.3) is 11.8 Å². The van der Waals surface area contributed by atoms with Gasteiger partial charge in [0, 0.05) is 37.3 Å². The Morgan fingerprint density at radius 2 is 1.63 bits per heavy atom. The van der Waals surface area contributed by atoms with E-state index in [2.05, 4.69) is 63.4 Å². The van der Waals surface area contributed by atoms with Crippen molar-refractivity contribution in [3.63, 3.8) is 0 Å². The molecule has 240 valence electrons. The predicted molar refractivity (Wildman–Crippen MR) is 170 cm³/mol. The fourth-order valence-electron chi connectivity index (χ4n) is 7.55. The number of rotatable bonds is 8. The number of hydrogen-bond acceptors (Lipinski definition) is 8. The molecule has 3 aromatic rings. The molecular formula is C34H41N9O3. The Labute approximate surface area is 268 Å². The molecular weight excluding hydrogens is 582 g/mol. The first-order valence-corrected chi connectivity index (χ1v) is 15.9. The molecule has 0 radical (unpaired) electrons. The number of nitrogens with zero attached hydrogens (tertiary/aromatic N) is 5. The summed E-state index contributed by atoms with van der Waals surface area (Å²) in [6, 6.07) is 13.4. The highest BCUT2D eigenvalue weighted by Crippen LogP contribution is 2.49. The van der Waals surface area contributed by atoms with Gasteiger partial charge < -0.3 is 20.9 Å². The first-order valence-electron chi connectivity index (χ1n) is 15.9. The van der Waals surface area contributed by atoms with E-state index in [1.165, 1.54) is 0 Å². The van der Waals surface area contributed by atoms with Crippen molar-refractivity contribution in [2.75, 3.05) is 20.6 Å². The van der Waals surface area contributed by atoms with Crippen molar-refractivity contribution >= 4 is 17.7 Å². The average molecular weight is 624 g/mol. The standard InChI is InChI=1S/C34H41N9O3/c1-33(2,3)28(38-18-29(44)43-24(17-35)14-23-15-27(23)43)16-34(32-39-41-42-40-32)25-10-8-21(30(45)36-4)12-19(25)6-7-20-13-22(31(46)37-5)9-11-26(20)34/h8-13,23-24,27-28,38H,6-7,14-16,18H2,1-5H3,(H,36,45)(H,37,46)(H,39,40,41,42)/t23-,24+,27+,28-/m1/s1. The van der Waals surface area contributed by atoms with E-state index in [4.69, 9.17) is 0 Å². The Bertz CT molecular complexity index is 1640. The van der Waals surface area contributed by atoms with Crippen molar-refractivity contribution in [1.82, 2.24) is 41.5 Å². The van der Waals surface area contributed by atoms with Crippen LogP contribution in [0.2, 0.25) is 0 Å². The molecule has 2 heterocycles. The number of carbonyl (C=O) groups is 3. The molecule has 0 bridgehead atoms. The maximum absolute atomic E-state index is 13.6. The van der Waals surface area contributed by atoms with Crippen LogP contribution in [0.15, 0.2) is 36.4 Å². The number of aromatic nitrogens is 4. The number of hydrogen-bond donors (Lipinski definition) is 4. The molecule has 4 N–H and O–H groups in total. The highest BCUT2D eigenvalue weighted by atomic mass is 16.2. The van der Waals surface area contributed by atoms with Crippen LogP contribution in [0.25, 0.3) is 0 Å². The van der Waals surface area contributed by atoms with Crippen LogP contribution < -0.4 is 16.0 Å². The summed E-state index contributed by atoms with van der Waals surface area (Å²) in [6.45, 7) is 6.50. The van der Waals surface area contributed by atoms with E-state index >= 15 is 0 Å². The lowest BCUT2D eigenvalue weighted by Gasteiger charge is -2.42. The number of aromatic amines is 1. The van der Waals surface area contributed by atoms with Crippen LogP contribution in [0, 0.1) is 22.7 Å². The van der Waals surface area contributed by atoms with Crippen molar-refractivity contribution < 1.29 is 14.4 Å². The summed E-state index contributed by atoms with van der Waals surface area (Å²) in [5, 5.41) is 34.3. The smallest absolute Gasteiger partial charge is 0.251 e. The van der Waals surface area contributed by atoms with Gasteiger partial charge in [-0.15, -0.1) is 5.10 Å². The highest BCUT2D eigenvalue weighted by molar-refractivity contribution is 5.95. The molecule has 4 atom stereocenters. The van der Waals surface area contributed by atoms with Crippen LogP contribution in [0.1, 0.15) is 88.8 Å². The topological polar surface area (TPSA) is 169 Å². The number of amides is 3. The number of carbonyl (C=O) groups excluding carboxylic acids is 3. The Hall–Kier alpha value is -4.63. The van der Waals surface area contributed by atoms with Crippen molar-refractivity contribution in [3.05, 3.63) is 75.6 Å². The second-order valence-corrected chi connectivity index (χ2v) is 13.8. The first-order chi connectivity index (χ1) is 22.0. The lowest BCUT2D eigenvalue weighted by Crippen LogP contribution is -2.51. The molecule has 0 unspecified atom stereocenters. The Kier molecular flexibility index (Phi) is 8.14. The van der Waals surface area contributed by atoms with E-state index in [0.29, 0.717) is 42.1 Å². The summed E-state index contributed by atoms with van der Waals surface area (Å²) in [5.74, 6) is 0.550. The molecule has 1 saturated heterocycles. The lowest BCUT2D eigenvalue weighted by molar-refractivity contribution is -0.131. The largest absolute Gasteiger partial charge is 0.355 e. The van der Waals surface area contributed by atoms with Crippen molar-refractivity contribution in [2.24, 2.45) is 11.3 Å². The van der Waals surface area contributed by atoms with E-state index in [1.807, 2.05) is 36.4 Å². The van der Waals surface area contributed by atoms with Crippen LogP contribution in [0.4, 0.5) is 0 Å². The van der Waals surface area contributed by atoms with E-state index in [1.54, 1.807) is 19.0 Å². The zero-order valence-corrected chi connectivity index (χ0v) is 27.0. The molecule has 2 aromatic carbocycles. The van der Waals surface area contributed by atoms with Crippen LogP contribution in [0.3, 0.4) is 0 Å². The molecule has 0 spiro atoms. The summed E-state index contributed by atoms with van der Waals surface area (Å²) in [7, 11) is 3.22. The normalized spacial score (nSPS) is 21.6. The summed E-state index contributed by atoms with van der Waals surface area (Å²) in [6.07, 6.45) is 3.45. The minimum atomic E-state index is -0.925. The second kappa shape index (κ2) is 11.9. The fourth-order valence-corrected chi connectivity index (χ4v) is 7.55. The molecule has 6 rings (SSSR count). The van der Waals surface area contributed by atoms with E-state index < -0.39 is 5.41 Å². The van der Waals surface area contributed by atoms with Gasteiger partial charge in [-0.05, 0) is 100 Å². The van der Waals surface area contributed by atoms with Gasteiger partial charge in [0.05, 0.1) is 18.0 Å². The molecule has 1 saturated carbocycles. The molecule has 3 aliphatic rings. The maximum Gasteiger partial charge on any atom is 0.251 e. The minimum absolute atomic E-state index is 0.0618. The van der Waals surface area contributed by atoms with E-state index in [9.17, 15) is 19.6 Å². The Morgan fingerprint density at radius 3 is 2.13 bits per heavy atom. The lowest BCUT2D eigenvalue weighted by atomic mass is 9.64. The van der Waals surface area contributed by atoms with Crippen LogP contribution in [0.5, 0.6) is 0 Å². The molecule has 2 fully saturated rings. The Balaban J connectivity index is 1.48.